The number of methoxy groups -OCH3 is 2. The summed E-state index contributed by atoms with van der Waals surface area (Å²) in [6.45, 7) is 10.7. The van der Waals surface area contributed by atoms with Gasteiger partial charge in [0.05, 0.1) is 38.2 Å². The number of amides is 4. The van der Waals surface area contributed by atoms with Crippen molar-refractivity contribution in [1.82, 2.24) is 24.3 Å². The minimum Gasteiger partial charge on any atom is -0.497 e. The fourth-order valence-electron chi connectivity index (χ4n) is 5.57. The second-order valence-corrected chi connectivity index (χ2v) is 12.0. The van der Waals surface area contributed by atoms with Crippen molar-refractivity contribution in [2.45, 2.75) is 58.8 Å². The number of carbonyl (C=O) groups is 3. The van der Waals surface area contributed by atoms with Gasteiger partial charge in [0, 0.05) is 63.0 Å². The fourth-order valence-corrected chi connectivity index (χ4v) is 5.57. The molecule has 2 aliphatic heterocycles. The van der Waals surface area contributed by atoms with Crippen LogP contribution in [0, 0.1) is 0 Å². The highest BCUT2D eigenvalue weighted by Crippen LogP contribution is 2.30. The number of benzene rings is 1. The summed E-state index contributed by atoms with van der Waals surface area (Å²) in [6, 6.07) is 8.97. The van der Waals surface area contributed by atoms with Crippen molar-refractivity contribution in [1.29, 1.82) is 0 Å². The van der Waals surface area contributed by atoms with E-state index in [2.05, 4.69) is 10.00 Å². The number of pyridine rings is 1. The molecule has 0 spiro atoms. The maximum atomic E-state index is 13.7. The van der Waals surface area contributed by atoms with E-state index in [0.29, 0.717) is 42.4 Å². The highest BCUT2D eigenvalue weighted by atomic mass is 16.6. The second-order valence-electron chi connectivity index (χ2n) is 12.0. The first-order valence-electron chi connectivity index (χ1n) is 14.5. The summed E-state index contributed by atoms with van der Waals surface area (Å²) in [4.78, 5) is 46.2. The Kier molecular flexibility index (Phi) is 8.50. The van der Waals surface area contributed by atoms with Gasteiger partial charge in [0.15, 0.2) is 0 Å². The van der Waals surface area contributed by atoms with Crippen LogP contribution in [0.4, 0.5) is 15.3 Å². The van der Waals surface area contributed by atoms with Crippen molar-refractivity contribution in [3.05, 3.63) is 53.9 Å². The number of anilines is 1. The van der Waals surface area contributed by atoms with Crippen molar-refractivity contribution in [3.63, 3.8) is 0 Å². The van der Waals surface area contributed by atoms with E-state index in [1.54, 1.807) is 52.9 Å². The summed E-state index contributed by atoms with van der Waals surface area (Å²) in [5.74, 6) is 0.926. The van der Waals surface area contributed by atoms with Crippen LogP contribution >= 0.6 is 0 Å². The molecule has 2 saturated heterocycles. The summed E-state index contributed by atoms with van der Waals surface area (Å²) >= 11 is 0. The molecule has 5 rings (SSSR count). The molecule has 0 N–H and O–H groups in total. The lowest BCUT2D eigenvalue weighted by molar-refractivity contribution is -0.129. The minimum absolute atomic E-state index is 0.0108. The third-order valence-corrected chi connectivity index (χ3v) is 7.74. The Morgan fingerprint density at radius 3 is 2.51 bits per heavy atom. The monoisotopic (exact) mass is 592 g/mol. The van der Waals surface area contributed by atoms with E-state index in [4.69, 9.17) is 14.2 Å². The molecule has 4 heterocycles. The van der Waals surface area contributed by atoms with Gasteiger partial charge in [-0.3, -0.25) is 19.5 Å². The van der Waals surface area contributed by atoms with Gasteiger partial charge in [-0.2, -0.15) is 5.10 Å². The van der Waals surface area contributed by atoms with Crippen LogP contribution in [0.1, 0.15) is 45.2 Å². The predicted octanol–water partition coefficient (Wildman–Crippen LogP) is 4.15. The number of aromatic nitrogens is 2. The van der Waals surface area contributed by atoms with Crippen LogP contribution in [0.25, 0.3) is 5.52 Å². The maximum Gasteiger partial charge on any atom is 0.410 e. The Labute approximate surface area is 251 Å². The Bertz CT molecular complexity index is 1510. The quantitative estimate of drug-likeness (QED) is 0.403. The molecule has 2 fully saturated rings. The SMILES string of the molecule is COc1ccc(CN2C(=O)CCN(c3cnn4ccc(CN5CCN(C(=O)OC(C)(C)C)[C@@H](C)C5)cc34)C2=O)c(OC)c1. The fraction of sp³-hybridized carbons (Fsp3) is 0.484. The van der Waals surface area contributed by atoms with E-state index in [1.807, 2.05) is 46.0 Å². The van der Waals surface area contributed by atoms with Gasteiger partial charge in [0.25, 0.3) is 0 Å². The number of hydrogen-bond acceptors (Lipinski definition) is 8. The molecule has 0 bridgehead atoms. The molecule has 0 radical (unpaired) electrons. The zero-order valence-corrected chi connectivity index (χ0v) is 25.7. The zero-order valence-electron chi connectivity index (χ0n) is 25.7. The molecule has 0 saturated carbocycles. The number of rotatable bonds is 7. The number of fused-ring (bicyclic) bond motifs is 1. The first-order chi connectivity index (χ1) is 20.5. The van der Waals surface area contributed by atoms with Crippen LogP contribution in [-0.4, -0.2) is 94.4 Å². The Morgan fingerprint density at radius 2 is 1.81 bits per heavy atom. The molecule has 12 heteroatoms. The standard InChI is InChI=1S/C31H40N6O6/c1-21-18-33(13-14-34(21)30(40)43-31(2,3)4)19-22-9-12-37-25(15-22)26(17-32-37)35-11-10-28(38)36(29(35)39)20-23-7-8-24(41-5)16-27(23)42-6/h7-9,12,15-17,21H,10-11,13-14,18-20H2,1-6H3/t21-/m0/s1. The molecule has 1 atom stereocenters. The molecule has 12 nitrogen and oxygen atoms in total. The van der Waals surface area contributed by atoms with Crippen LogP contribution in [0.5, 0.6) is 11.5 Å². The van der Waals surface area contributed by atoms with Crippen molar-refractivity contribution in [3.8, 4) is 11.5 Å². The molecule has 0 aliphatic carbocycles. The molecule has 2 aromatic heterocycles. The summed E-state index contributed by atoms with van der Waals surface area (Å²) in [6.07, 6.45) is 3.46. The highest BCUT2D eigenvalue weighted by Gasteiger charge is 2.35. The van der Waals surface area contributed by atoms with Crippen molar-refractivity contribution >= 4 is 29.2 Å². The third-order valence-electron chi connectivity index (χ3n) is 7.74. The number of imide groups is 1. The first kappa shape index (κ1) is 30.1. The molecule has 3 aromatic rings. The molecule has 0 unspecified atom stereocenters. The number of piperazine rings is 1. The lowest BCUT2D eigenvalue weighted by Gasteiger charge is -2.40. The Hall–Kier alpha value is -4.32. The van der Waals surface area contributed by atoms with E-state index in [1.165, 1.54) is 4.90 Å². The maximum absolute atomic E-state index is 13.7. The summed E-state index contributed by atoms with van der Waals surface area (Å²) in [5.41, 5.74) is 2.66. The average molecular weight is 593 g/mol. The normalized spacial score (nSPS) is 18.4. The largest absolute Gasteiger partial charge is 0.497 e. The van der Waals surface area contributed by atoms with Gasteiger partial charge in [-0.25, -0.2) is 14.1 Å². The van der Waals surface area contributed by atoms with Crippen LogP contribution < -0.4 is 14.4 Å². The number of nitrogens with zero attached hydrogens (tertiary/aromatic N) is 6. The predicted molar refractivity (Wildman–Crippen MR) is 160 cm³/mol. The number of urea groups is 1. The summed E-state index contributed by atoms with van der Waals surface area (Å²) in [5, 5.41) is 4.48. The molecule has 1 aromatic carbocycles. The van der Waals surface area contributed by atoms with Gasteiger partial charge in [-0.1, -0.05) is 0 Å². The van der Waals surface area contributed by atoms with E-state index in [0.717, 1.165) is 17.6 Å². The number of carbonyl (C=O) groups excluding carboxylic acids is 3. The second kappa shape index (κ2) is 12.1. The minimum atomic E-state index is -0.533. The van der Waals surface area contributed by atoms with Gasteiger partial charge in [-0.15, -0.1) is 0 Å². The van der Waals surface area contributed by atoms with Gasteiger partial charge in [-0.05, 0) is 57.5 Å². The van der Waals surface area contributed by atoms with Crippen LogP contribution in [0.2, 0.25) is 0 Å². The van der Waals surface area contributed by atoms with Crippen molar-refractivity contribution in [2.75, 3.05) is 45.3 Å². The van der Waals surface area contributed by atoms with Crippen LogP contribution in [0.15, 0.2) is 42.7 Å². The highest BCUT2D eigenvalue weighted by molar-refractivity contribution is 6.07. The smallest absolute Gasteiger partial charge is 0.410 e. The van der Waals surface area contributed by atoms with E-state index in [9.17, 15) is 14.4 Å². The zero-order chi connectivity index (χ0) is 30.9. The topological polar surface area (TPSA) is 109 Å². The Morgan fingerprint density at radius 1 is 1.02 bits per heavy atom. The van der Waals surface area contributed by atoms with Gasteiger partial charge in [0.1, 0.15) is 17.1 Å². The van der Waals surface area contributed by atoms with Crippen LogP contribution in [0.3, 0.4) is 0 Å². The number of hydrogen-bond donors (Lipinski definition) is 0. The molecule has 4 amide bonds. The number of ether oxygens (including phenoxy) is 3. The van der Waals surface area contributed by atoms with Crippen LogP contribution in [-0.2, 0) is 22.6 Å². The average Bonchev–Trinajstić information content (AvgIpc) is 3.37. The molecular weight excluding hydrogens is 552 g/mol. The van der Waals surface area contributed by atoms with Gasteiger partial charge in [0.2, 0.25) is 5.91 Å². The molecule has 2 aliphatic rings. The lowest BCUT2D eigenvalue weighted by Crippen LogP contribution is -2.54. The lowest BCUT2D eigenvalue weighted by atomic mass is 10.1. The first-order valence-corrected chi connectivity index (χ1v) is 14.5. The van der Waals surface area contributed by atoms with E-state index >= 15 is 0 Å². The molecular formula is C31H40N6O6. The molecule has 230 valence electrons. The van der Waals surface area contributed by atoms with E-state index in [-0.39, 0.29) is 37.6 Å². The summed E-state index contributed by atoms with van der Waals surface area (Å²) in [7, 11) is 3.11. The Balaban J connectivity index is 1.31. The third kappa shape index (κ3) is 6.53. The summed E-state index contributed by atoms with van der Waals surface area (Å²) < 4.78 is 18.1. The van der Waals surface area contributed by atoms with Crippen molar-refractivity contribution in [2.24, 2.45) is 0 Å². The van der Waals surface area contributed by atoms with Gasteiger partial charge < -0.3 is 19.1 Å². The van der Waals surface area contributed by atoms with Crippen molar-refractivity contribution < 1.29 is 28.6 Å². The molecule has 43 heavy (non-hydrogen) atoms. The van der Waals surface area contributed by atoms with Gasteiger partial charge >= 0.3 is 12.1 Å². The van der Waals surface area contributed by atoms with E-state index < -0.39 is 11.6 Å².